The highest BCUT2D eigenvalue weighted by atomic mass is 79.9. The molecule has 0 amide bonds. The molecule has 0 spiro atoms. The fraction of sp³-hybridized carbons (Fsp3) is 0.538. The van der Waals surface area contributed by atoms with Gasteiger partial charge in [0.1, 0.15) is 0 Å². The number of sulfonamides is 1. The summed E-state index contributed by atoms with van der Waals surface area (Å²) in [4.78, 5) is 0.355. The molecule has 2 saturated carbocycles. The standard InChI is InChI=1S/C13H16BrNO2S/c14-11-3-5-12(6-4-11)18(16,17)15-13-8-9-1-2-10(13)7-9/h3-6,9-10,13,15H,1-2,7-8H2/t9-,10+,13-/m0/s1. The van der Waals surface area contributed by atoms with E-state index in [2.05, 4.69) is 20.7 Å². The van der Waals surface area contributed by atoms with Crippen LogP contribution in [0.3, 0.4) is 0 Å². The molecule has 1 N–H and O–H groups in total. The van der Waals surface area contributed by atoms with Crippen LogP contribution in [0.2, 0.25) is 0 Å². The number of nitrogens with one attached hydrogen (secondary N) is 1. The van der Waals surface area contributed by atoms with Crippen LogP contribution < -0.4 is 4.72 Å². The van der Waals surface area contributed by atoms with Gasteiger partial charge < -0.3 is 0 Å². The maximum Gasteiger partial charge on any atom is 0.240 e. The lowest BCUT2D eigenvalue weighted by atomic mass is 9.96. The van der Waals surface area contributed by atoms with E-state index in [0.29, 0.717) is 10.8 Å². The Morgan fingerprint density at radius 1 is 1.11 bits per heavy atom. The van der Waals surface area contributed by atoms with Crippen LogP contribution in [0.1, 0.15) is 25.7 Å². The molecule has 0 saturated heterocycles. The van der Waals surface area contributed by atoms with Crippen LogP contribution in [0.4, 0.5) is 0 Å². The molecule has 2 aliphatic carbocycles. The monoisotopic (exact) mass is 329 g/mol. The number of fused-ring (bicyclic) bond motifs is 2. The van der Waals surface area contributed by atoms with Crippen molar-refractivity contribution in [2.45, 2.75) is 36.6 Å². The highest BCUT2D eigenvalue weighted by Gasteiger charge is 2.41. The third-order valence-electron chi connectivity index (χ3n) is 4.17. The van der Waals surface area contributed by atoms with Gasteiger partial charge in [0.05, 0.1) is 4.90 Å². The molecule has 18 heavy (non-hydrogen) atoms. The molecule has 2 bridgehead atoms. The molecule has 0 aliphatic heterocycles. The Balaban J connectivity index is 1.77. The second-order valence-electron chi connectivity index (χ2n) is 5.36. The van der Waals surface area contributed by atoms with Gasteiger partial charge in [0.15, 0.2) is 0 Å². The SMILES string of the molecule is O=S(=O)(N[C@H]1C[C@H]2CC[C@@H]1C2)c1ccc(Br)cc1. The van der Waals surface area contributed by atoms with Crippen LogP contribution in [0.5, 0.6) is 0 Å². The summed E-state index contributed by atoms with van der Waals surface area (Å²) in [5, 5.41) is 0. The number of rotatable bonds is 3. The zero-order valence-electron chi connectivity index (χ0n) is 9.97. The molecule has 0 heterocycles. The molecular formula is C13H16BrNO2S. The van der Waals surface area contributed by atoms with E-state index in [4.69, 9.17) is 0 Å². The van der Waals surface area contributed by atoms with Gasteiger partial charge in [-0.25, -0.2) is 13.1 Å². The van der Waals surface area contributed by atoms with Crippen molar-refractivity contribution < 1.29 is 8.42 Å². The first-order valence-electron chi connectivity index (χ1n) is 6.32. The Kier molecular flexibility index (Phi) is 3.24. The predicted molar refractivity (Wildman–Crippen MR) is 73.7 cm³/mol. The highest BCUT2D eigenvalue weighted by molar-refractivity contribution is 9.10. The zero-order valence-corrected chi connectivity index (χ0v) is 12.4. The minimum atomic E-state index is -3.35. The van der Waals surface area contributed by atoms with E-state index in [0.717, 1.165) is 16.8 Å². The molecule has 3 atom stereocenters. The molecule has 1 aromatic rings. The fourth-order valence-electron chi connectivity index (χ4n) is 3.27. The van der Waals surface area contributed by atoms with Crippen LogP contribution in [0, 0.1) is 11.8 Å². The van der Waals surface area contributed by atoms with Crippen molar-refractivity contribution in [1.82, 2.24) is 4.72 Å². The van der Waals surface area contributed by atoms with E-state index < -0.39 is 10.0 Å². The quantitative estimate of drug-likeness (QED) is 0.926. The van der Waals surface area contributed by atoms with Gasteiger partial charge in [-0.3, -0.25) is 0 Å². The first-order chi connectivity index (χ1) is 8.54. The molecule has 1 aromatic carbocycles. The van der Waals surface area contributed by atoms with E-state index in [1.54, 1.807) is 24.3 Å². The van der Waals surface area contributed by atoms with Gasteiger partial charge in [0, 0.05) is 10.5 Å². The smallest absolute Gasteiger partial charge is 0.208 e. The van der Waals surface area contributed by atoms with Crippen LogP contribution in [0.15, 0.2) is 33.6 Å². The Morgan fingerprint density at radius 2 is 1.83 bits per heavy atom. The molecule has 0 aromatic heterocycles. The number of halogens is 1. The van der Waals surface area contributed by atoms with Gasteiger partial charge in [0.2, 0.25) is 10.0 Å². The summed E-state index contributed by atoms with van der Waals surface area (Å²) in [5.74, 6) is 1.30. The minimum absolute atomic E-state index is 0.150. The second kappa shape index (κ2) is 4.62. The maximum absolute atomic E-state index is 12.2. The summed E-state index contributed by atoms with van der Waals surface area (Å²) < 4.78 is 28.3. The van der Waals surface area contributed by atoms with Crippen LogP contribution in [-0.4, -0.2) is 14.5 Å². The molecule has 98 valence electrons. The predicted octanol–water partition coefficient (Wildman–Crippen LogP) is 2.92. The van der Waals surface area contributed by atoms with E-state index in [-0.39, 0.29) is 6.04 Å². The Morgan fingerprint density at radius 3 is 2.39 bits per heavy atom. The molecule has 5 heteroatoms. The second-order valence-corrected chi connectivity index (χ2v) is 7.99. The summed E-state index contributed by atoms with van der Waals surface area (Å²) in [6.07, 6.45) is 4.67. The van der Waals surface area contributed by atoms with E-state index >= 15 is 0 Å². The minimum Gasteiger partial charge on any atom is -0.208 e. The normalized spacial score (nSPS) is 30.8. The molecular weight excluding hydrogens is 314 g/mol. The molecule has 2 fully saturated rings. The molecule has 3 rings (SSSR count). The van der Waals surface area contributed by atoms with Gasteiger partial charge in [0.25, 0.3) is 0 Å². The van der Waals surface area contributed by atoms with Crippen molar-refractivity contribution in [3.63, 3.8) is 0 Å². The number of benzene rings is 1. The van der Waals surface area contributed by atoms with E-state index in [9.17, 15) is 8.42 Å². The number of hydrogen-bond donors (Lipinski definition) is 1. The largest absolute Gasteiger partial charge is 0.240 e. The summed E-state index contributed by atoms with van der Waals surface area (Å²) in [6.45, 7) is 0. The average molecular weight is 330 g/mol. The van der Waals surface area contributed by atoms with Gasteiger partial charge >= 0.3 is 0 Å². The molecule has 0 unspecified atom stereocenters. The summed E-state index contributed by atoms with van der Waals surface area (Å²) >= 11 is 3.31. The Bertz CT molecular complexity index is 541. The van der Waals surface area contributed by atoms with Crippen molar-refractivity contribution in [1.29, 1.82) is 0 Å². The average Bonchev–Trinajstić information content (AvgIpc) is 2.91. The van der Waals surface area contributed by atoms with Crippen LogP contribution in [-0.2, 0) is 10.0 Å². The van der Waals surface area contributed by atoms with Crippen molar-refractivity contribution in [2.75, 3.05) is 0 Å². The first kappa shape index (κ1) is 12.6. The first-order valence-corrected chi connectivity index (χ1v) is 8.60. The lowest BCUT2D eigenvalue weighted by Crippen LogP contribution is -2.38. The summed E-state index contributed by atoms with van der Waals surface area (Å²) in [7, 11) is -3.35. The van der Waals surface area contributed by atoms with Gasteiger partial charge in [-0.15, -0.1) is 0 Å². The topological polar surface area (TPSA) is 46.2 Å². The van der Waals surface area contributed by atoms with Crippen molar-refractivity contribution in [2.24, 2.45) is 11.8 Å². The van der Waals surface area contributed by atoms with Crippen LogP contribution >= 0.6 is 15.9 Å². The Labute approximate surface area is 116 Å². The zero-order chi connectivity index (χ0) is 12.8. The molecule has 2 aliphatic rings. The van der Waals surface area contributed by atoms with Gasteiger partial charge in [-0.05, 0) is 55.4 Å². The third-order valence-corrected chi connectivity index (χ3v) is 6.20. The molecule has 0 radical (unpaired) electrons. The number of hydrogen-bond acceptors (Lipinski definition) is 2. The lowest BCUT2D eigenvalue weighted by molar-refractivity contribution is 0.390. The van der Waals surface area contributed by atoms with Gasteiger partial charge in [-0.2, -0.15) is 0 Å². The lowest BCUT2D eigenvalue weighted by Gasteiger charge is -2.22. The van der Waals surface area contributed by atoms with E-state index in [1.807, 2.05) is 0 Å². The van der Waals surface area contributed by atoms with Crippen molar-refractivity contribution >= 4 is 26.0 Å². The summed E-state index contributed by atoms with van der Waals surface area (Å²) in [5.41, 5.74) is 0. The molecule has 3 nitrogen and oxygen atoms in total. The Hall–Kier alpha value is -0.390. The van der Waals surface area contributed by atoms with Gasteiger partial charge in [-0.1, -0.05) is 22.4 Å². The third kappa shape index (κ3) is 2.36. The van der Waals surface area contributed by atoms with Crippen LogP contribution in [0.25, 0.3) is 0 Å². The van der Waals surface area contributed by atoms with Crippen molar-refractivity contribution in [3.05, 3.63) is 28.7 Å². The van der Waals surface area contributed by atoms with E-state index in [1.165, 1.54) is 19.3 Å². The fourth-order valence-corrected chi connectivity index (χ4v) is 4.85. The highest BCUT2D eigenvalue weighted by Crippen LogP contribution is 2.44. The van der Waals surface area contributed by atoms with Crippen molar-refractivity contribution in [3.8, 4) is 0 Å². The summed E-state index contributed by atoms with van der Waals surface area (Å²) in [6, 6.07) is 6.95. The maximum atomic E-state index is 12.2.